The van der Waals surface area contributed by atoms with E-state index in [0.717, 1.165) is 0 Å². The molecule has 0 spiro atoms. The number of benzene rings is 1. The Balaban J connectivity index is 2.66. The molecule has 6 nitrogen and oxygen atoms in total. The van der Waals surface area contributed by atoms with Crippen LogP contribution in [-0.4, -0.2) is 23.2 Å². The Bertz CT molecular complexity index is 831. The van der Waals surface area contributed by atoms with Gasteiger partial charge in [0.15, 0.2) is 0 Å². The van der Waals surface area contributed by atoms with Crippen LogP contribution in [0.15, 0.2) is 29.1 Å². The molecule has 2 rings (SSSR count). The minimum Gasteiger partial charge on any atom is -0.496 e. The predicted octanol–water partition coefficient (Wildman–Crippen LogP) is 1.86. The fourth-order valence-corrected chi connectivity index (χ4v) is 2.25. The van der Waals surface area contributed by atoms with Crippen molar-refractivity contribution >= 4 is 5.97 Å². The Labute approximate surface area is 126 Å². The molecule has 1 aromatic carbocycles. The van der Waals surface area contributed by atoms with Crippen molar-refractivity contribution in [3.05, 3.63) is 51.4 Å². The lowest BCUT2D eigenvalue weighted by atomic mass is 9.98. The molecule has 0 aliphatic carbocycles. The number of rotatable bonds is 4. The number of carbonyl (C=O) groups is 1. The number of aromatic amines is 1. The molecule has 0 fully saturated rings. The van der Waals surface area contributed by atoms with Crippen molar-refractivity contribution in [1.82, 2.24) is 4.98 Å². The highest BCUT2D eigenvalue weighted by atomic mass is 16.5. The van der Waals surface area contributed by atoms with E-state index in [4.69, 9.17) is 9.84 Å². The number of ether oxygens (including phenoxy) is 1. The first kappa shape index (κ1) is 15.3. The van der Waals surface area contributed by atoms with Crippen LogP contribution < -0.4 is 10.3 Å². The van der Waals surface area contributed by atoms with E-state index in [1.54, 1.807) is 31.2 Å². The highest BCUT2D eigenvalue weighted by molar-refractivity contribution is 5.77. The second kappa shape index (κ2) is 6.14. The van der Waals surface area contributed by atoms with Gasteiger partial charge in [-0.05, 0) is 24.6 Å². The van der Waals surface area contributed by atoms with Crippen LogP contribution in [0, 0.1) is 18.3 Å². The van der Waals surface area contributed by atoms with E-state index in [0.29, 0.717) is 28.1 Å². The minimum absolute atomic E-state index is 0.00474. The fraction of sp³-hybridized carbons (Fsp3) is 0.188. The molecule has 22 heavy (non-hydrogen) atoms. The van der Waals surface area contributed by atoms with E-state index in [1.165, 1.54) is 7.11 Å². The molecule has 2 N–H and O–H groups in total. The standard InChI is InChI=1S/C16H14N2O4/c1-9-5-12(13(8-17)16(21)18-9)11-4-3-10(7-15(19)20)6-14(11)22-2/h3-6H,7H2,1-2H3,(H,18,21)(H,19,20). The quantitative estimate of drug-likeness (QED) is 0.896. The number of carboxylic acids is 1. The van der Waals surface area contributed by atoms with Gasteiger partial charge in [0.2, 0.25) is 0 Å². The number of nitrogens with one attached hydrogen (secondary N) is 1. The van der Waals surface area contributed by atoms with Crippen LogP contribution in [0.25, 0.3) is 11.1 Å². The number of aliphatic carboxylic acids is 1. The molecule has 0 aliphatic heterocycles. The van der Waals surface area contributed by atoms with Gasteiger partial charge < -0.3 is 14.8 Å². The maximum absolute atomic E-state index is 11.9. The Morgan fingerprint density at radius 1 is 1.36 bits per heavy atom. The summed E-state index contributed by atoms with van der Waals surface area (Å²) in [4.78, 5) is 25.2. The van der Waals surface area contributed by atoms with E-state index in [1.807, 2.05) is 6.07 Å². The largest absolute Gasteiger partial charge is 0.496 e. The molecule has 0 amide bonds. The number of H-pyrrole nitrogens is 1. The zero-order valence-corrected chi connectivity index (χ0v) is 12.1. The minimum atomic E-state index is -0.945. The third-order valence-electron chi connectivity index (χ3n) is 3.19. The van der Waals surface area contributed by atoms with Crippen LogP contribution in [0.5, 0.6) is 5.75 Å². The van der Waals surface area contributed by atoms with Crippen LogP contribution >= 0.6 is 0 Å². The molecule has 0 bridgehead atoms. The van der Waals surface area contributed by atoms with Crippen molar-refractivity contribution in [2.24, 2.45) is 0 Å². The average molecular weight is 298 g/mol. The maximum atomic E-state index is 11.9. The van der Waals surface area contributed by atoms with Crippen molar-refractivity contribution in [3.8, 4) is 22.9 Å². The summed E-state index contributed by atoms with van der Waals surface area (Å²) >= 11 is 0. The SMILES string of the molecule is COc1cc(CC(=O)O)ccc1-c1cc(C)[nH]c(=O)c1C#N. The van der Waals surface area contributed by atoms with E-state index < -0.39 is 11.5 Å². The molecule has 1 aromatic heterocycles. The first-order valence-corrected chi connectivity index (χ1v) is 6.49. The first-order valence-electron chi connectivity index (χ1n) is 6.49. The number of methoxy groups -OCH3 is 1. The third-order valence-corrected chi connectivity index (χ3v) is 3.19. The molecule has 2 aromatic rings. The molecule has 0 unspecified atom stereocenters. The van der Waals surface area contributed by atoms with Gasteiger partial charge in [0.1, 0.15) is 17.4 Å². The van der Waals surface area contributed by atoms with Gasteiger partial charge >= 0.3 is 5.97 Å². The number of nitrogens with zero attached hydrogens (tertiary/aromatic N) is 1. The Morgan fingerprint density at radius 2 is 2.09 bits per heavy atom. The normalized spacial score (nSPS) is 10.0. The highest BCUT2D eigenvalue weighted by Gasteiger charge is 2.15. The number of aromatic nitrogens is 1. The van der Waals surface area contributed by atoms with Crippen molar-refractivity contribution in [2.75, 3.05) is 7.11 Å². The van der Waals surface area contributed by atoms with E-state index in [2.05, 4.69) is 4.98 Å². The summed E-state index contributed by atoms with van der Waals surface area (Å²) in [7, 11) is 1.45. The lowest BCUT2D eigenvalue weighted by Gasteiger charge is -2.12. The number of pyridine rings is 1. The summed E-state index contributed by atoms with van der Waals surface area (Å²) in [6.45, 7) is 1.72. The number of nitriles is 1. The van der Waals surface area contributed by atoms with E-state index in [-0.39, 0.29) is 12.0 Å². The summed E-state index contributed by atoms with van der Waals surface area (Å²) in [6, 6.07) is 8.48. The van der Waals surface area contributed by atoms with Gasteiger partial charge in [0.05, 0.1) is 13.5 Å². The number of hydrogen-bond donors (Lipinski definition) is 2. The molecule has 1 heterocycles. The van der Waals surface area contributed by atoms with Gasteiger partial charge in [-0.2, -0.15) is 5.26 Å². The van der Waals surface area contributed by atoms with Crippen LogP contribution in [0.2, 0.25) is 0 Å². The van der Waals surface area contributed by atoms with Crippen molar-refractivity contribution in [1.29, 1.82) is 5.26 Å². The molecule has 112 valence electrons. The highest BCUT2D eigenvalue weighted by Crippen LogP contribution is 2.32. The summed E-state index contributed by atoms with van der Waals surface area (Å²) in [6.07, 6.45) is -0.129. The lowest BCUT2D eigenvalue weighted by Crippen LogP contribution is -2.13. The van der Waals surface area contributed by atoms with Gasteiger partial charge in [-0.25, -0.2) is 0 Å². The van der Waals surface area contributed by atoms with Gasteiger partial charge in [0.25, 0.3) is 5.56 Å². The zero-order chi connectivity index (χ0) is 16.3. The van der Waals surface area contributed by atoms with E-state index >= 15 is 0 Å². The fourth-order valence-electron chi connectivity index (χ4n) is 2.25. The summed E-state index contributed by atoms with van der Waals surface area (Å²) < 4.78 is 5.29. The Hall–Kier alpha value is -3.07. The van der Waals surface area contributed by atoms with Gasteiger partial charge in [-0.15, -0.1) is 0 Å². The van der Waals surface area contributed by atoms with Gasteiger partial charge in [-0.3, -0.25) is 9.59 Å². The zero-order valence-electron chi connectivity index (χ0n) is 12.1. The molecule has 0 atom stereocenters. The van der Waals surface area contributed by atoms with Crippen LogP contribution in [0.3, 0.4) is 0 Å². The molecule has 0 saturated carbocycles. The Kier molecular flexibility index (Phi) is 4.28. The summed E-state index contributed by atoms with van der Waals surface area (Å²) in [5.41, 5.74) is 1.76. The van der Waals surface area contributed by atoms with Crippen LogP contribution in [0.4, 0.5) is 0 Å². The molecular formula is C16H14N2O4. The van der Waals surface area contributed by atoms with Crippen molar-refractivity contribution in [3.63, 3.8) is 0 Å². The molecule has 6 heteroatoms. The first-order chi connectivity index (χ1) is 10.5. The van der Waals surface area contributed by atoms with Crippen molar-refractivity contribution < 1.29 is 14.6 Å². The molecular weight excluding hydrogens is 284 g/mol. The number of aryl methyl sites for hydroxylation is 1. The average Bonchev–Trinajstić information content (AvgIpc) is 2.45. The summed E-state index contributed by atoms with van der Waals surface area (Å²) in [5.74, 6) is -0.528. The predicted molar refractivity (Wildman–Crippen MR) is 79.8 cm³/mol. The van der Waals surface area contributed by atoms with E-state index in [9.17, 15) is 14.9 Å². The number of carboxylic acid groups (broad SMARTS) is 1. The maximum Gasteiger partial charge on any atom is 0.307 e. The second-order valence-electron chi connectivity index (χ2n) is 4.79. The number of hydrogen-bond acceptors (Lipinski definition) is 4. The monoisotopic (exact) mass is 298 g/mol. The van der Waals surface area contributed by atoms with Gasteiger partial charge in [0, 0.05) is 16.8 Å². The smallest absolute Gasteiger partial charge is 0.307 e. The summed E-state index contributed by atoms with van der Waals surface area (Å²) in [5, 5.41) is 18.0. The molecule has 0 aliphatic rings. The molecule has 0 radical (unpaired) electrons. The van der Waals surface area contributed by atoms with Crippen molar-refractivity contribution in [2.45, 2.75) is 13.3 Å². The third kappa shape index (κ3) is 2.99. The topological polar surface area (TPSA) is 103 Å². The van der Waals surface area contributed by atoms with Gasteiger partial charge in [-0.1, -0.05) is 12.1 Å². The van der Waals surface area contributed by atoms with Crippen LogP contribution in [0.1, 0.15) is 16.8 Å². The Morgan fingerprint density at radius 3 is 2.68 bits per heavy atom. The second-order valence-corrected chi connectivity index (χ2v) is 4.79. The lowest BCUT2D eigenvalue weighted by molar-refractivity contribution is -0.136. The van der Waals surface area contributed by atoms with Crippen LogP contribution in [-0.2, 0) is 11.2 Å². The molecule has 0 saturated heterocycles.